The summed E-state index contributed by atoms with van der Waals surface area (Å²) in [6.07, 6.45) is 1.73. The van der Waals surface area contributed by atoms with Crippen LogP contribution in [0.4, 0.5) is 4.39 Å². The standard InChI is InChI=1S/C8H9FO.C7H9NO.3C2H6/c1-6-4-3-5-7(10-2)8(6)9;1-6-3-4-8-7(5-6)9-2;3*1-2/h3-5H,1-2H3;3-5H,1-2H3;3*1-2H3. The lowest BCUT2D eigenvalue weighted by Gasteiger charge is -2.01. The van der Waals surface area contributed by atoms with Gasteiger partial charge in [-0.1, -0.05) is 53.7 Å². The molecule has 0 aliphatic heterocycles. The Balaban J connectivity index is -0.000000299. The summed E-state index contributed by atoms with van der Waals surface area (Å²) in [4.78, 5) is 3.94. The molecular formula is C21H36FNO2. The number of benzene rings is 1. The average Bonchev–Trinajstić information content (AvgIpc) is 2.69. The van der Waals surface area contributed by atoms with Crippen LogP contribution in [-0.4, -0.2) is 19.2 Å². The van der Waals surface area contributed by atoms with Crippen LogP contribution < -0.4 is 9.47 Å². The number of hydrogen-bond donors (Lipinski definition) is 0. The summed E-state index contributed by atoms with van der Waals surface area (Å²) >= 11 is 0. The van der Waals surface area contributed by atoms with Gasteiger partial charge in [-0.2, -0.15) is 0 Å². The molecule has 0 atom stereocenters. The van der Waals surface area contributed by atoms with E-state index in [0.717, 1.165) is 0 Å². The monoisotopic (exact) mass is 353 g/mol. The maximum Gasteiger partial charge on any atom is 0.213 e. The number of aromatic nitrogens is 1. The van der Waals surface area contributed by atoms with Gasteiger partial charge in [-0.15, -0.1) is 0 Å². The average molecular weight is 354 g/mol. The van der Waals surface area contributed by atoms with E-state index in [1.54, 1.807) is 38.4 Å². The van der Waals surface area contributed by atoms with Gasteiger partial charge in [0.05, 0.1) is 14.2 Å². The second-order valence-electron chi connectivity index (χ2n) is 3.97. The molecule has 25 heavy (non-hydrogen) atoms. The van der Waals surface area contributed by atoms with Gasteiger partial charge in [0.25, 0.3) is 0 Å². The van der Waals surface area contributed by atoms with Crippen molar-refractivity contribution >= 4 is 0 Å². The first-order valence-corrected chi connectivity index (χ1v) is 8.84. The van der Waals surface area contributed by atoms with Gasteiger partial charge in [0.2, 0.25) is 5.88 Å². The van der Waals surface area contributed by atoms with Crippen molar-refractivity contribution in [3.8, 4) is 11.6 Å². The zero-order valence-electron chi connectivity index (χ0n) is 17.6. The third kappa shape index (κ3) is 12.9. The lowest BCUT2D eigenvalue weighted by Crippen LogP contribution is -1.89. The zero-order valence-corrected chi connectivity index (χ0v) is 17.6. The summed E-state index contributed by atoms with van der Waals surface area (Å²) in [7, 11) is 3.07. The predicted octanol–water partition coefficient (Wildman–Crippen LogP) is 6.62. The Bertz CT molecular complexity index is 531. The highest BCUT2D eigenvalue weighted by Gasteiger charge is 2.02. The molecule has 0 amide bonds. The highest BCUT2D eigenvalue weighted by atomic mass is 19.1. The molecule has 0 fully saturated rings. The minimum atomic E-state index is -0.273. The Morgan fingerprint density at radius 3 is 1.76 bits per heavy atom. The van der Waals surface area contributed by atoms with Gasteiger partial charge >= 0.3 is 0 Å². The molecule has 1 aromatic heterocycles. The van der Waals surface area contributed by atoms with Crippen molar-refractivity contribution in [2.75, 3.05) is 14.2 Å². The van der Waals surface area contributed by atoms with E-state index in [9.17, 15) is 4.39 Å². The molecule has 1 heterocycles. The fourth-order valence-corrected chi connectivity index (χ4v) is 1.40. The molecule has 0 aliphatic rings. The quantitative estimate of drug-likeness (QED) is 0.608. The number of pyridine rings is 1. The van der Waals surface area contributed by atoms with E-state index in [-0.39, 0.29) is 5.82 Å². The third-order valence-corrected chi connectivity index (χ3v) is 2.48. The number of methoxy groups -OCH3 is 2. The molecule has 1 aromatic carbocycles. The predicted molar refractivity (Wildman–Crippen MR) is 107 cm³/mol. The van der Waals surface area contributed by atoms with Crippen molar-refractivity contribution in [2.45, 2.75) is 55.4 Å². The lowest BCUT2D eigenvalue weighted by atomic mass is 10.2. The normalized spacial score (nSPS) is 7.80. The van der Waals surface area contributed by atoms with Crippen LogP contribution in [0.1, 0.15) is 52.7 Å². The van der Waals surface area contributed by atoms with Crippen LogP contribution in [0.5, 0.6) is 11.6 Å². The molecule has 144 valence electrons. The number of rotatable bonds is 2. The van der Waals surface area contributed by atoms with E-state index in [4.69, 9.17) is 9.47 Å². The van der Waals surface area contributed by atoms with E-state index < -0.39 is 0 Å². The number of nitrogens with zero attached hydrogens (tertiary/aromatic N) is 1. The number of ether oxygens (including phenoxy) is 2. The highest BCUT2D eigenvalue weighted by Crippen LogP contribution is 2.18. The molecule has 0 N–H and O–H groups in total. The van der Waals surface area contributed by atoms with Crippen molar-refractivity contribution in [1.29, 1.82) is 0 Å². The molecule has 2 aromatic rings. The van der Waals surface area contributed by atoms with Gasteiger partial charge in [-0.05, 0) is 37.1 Å². The fourth-order valence-electron chi connectivity index (χ4n) is 1.40. The Morgan fingerprint density at radius 2 is 1.40 bits per heavy atom. The number of aryl methyl sites for hydroxylation is 2. The smallest absolute Gasteiger partial charge is 0.213 e. The summed E-state index contributed by atoms with van der Waals surface area (Å²) < 4.78 is 22.5. The first-order valence-electron chi connectivity index (χ1n) is 8.84. The second-order valence-corrected chi connectivity index (χ2v) is 3.97. The summed E-state index contributed by atoms with van der Waals surface area (Å²) in [5.41, 5.74) is 1.78. The van der Waals surface area contributed by atoms with Gasteiger partial charge in [-0.25, -0.2) is 9.37 Å². The Labute approximate surface area is 154 Å². The van der Waals surface area contributed by atoms with Crippen LogP contribution in [-0.2, 0) is 0 Å². The van der Waals surface area contributed by atoms with Gasteiger partial charge in [0.1, 0.15) is 0 Å². The zero-order chi connectivity index (χ0) is 20.3. The molecular weight excluding hydrogens is 317 g/mol. The maximum absolute atomic E-state index is 12.9. The van der Waals surface area contributed by atoms with Gasteiger partial charge in [0, 0.05) is 12.3 Å². The number of halogens is 1. The third-order valence-electron chi connectivity index (χ3n) is 2.48. The first-order chi connectivity index (χ1) is 12.1. The summed E-state index contributed by atoms with van der Waals surface area (Å²) in [5.74, 6) is 0.708. The Hall–Kier alpha value is -2.10. The molecule has 2 rings (SSSR count). The maximum atomic E-state index is 12.9. The molecule has 0 unspecified atom stereocenters. The Morgan fingerprint density at radius 1 is 0.840 bits per heavy atom. The van der Waals surface area contributed by atoms with Crippen LogP contribution in [0.2, 0.25) is 0 Å². The minimum absolute atomic E-state index is 0.273. The molecule has 0 spiro atoms. The molecule has 0 saturated heterocycles. The van der Waals surface area contributed by atoms with Gasteiger partial charge in [0.15, 0.2) is 11.6 Å². The Kier molecular flexibility index (Phi) is 22.1. The van der Waals surface area contributed by atoms with Crippen molar-refractivity contribution in [1.82, 2.24) is 4.98 Å². The van der Waals surface area contributed by atoms with Crippen LogP contribution in [0.3, 0.4) is 0 Å². The summed E-state index contributed by atoms with van der Waals surface area (Å²) in [6.45, 7) is 15.7. The molecule has 0 aliphatic carbocycles. The van der Waals surface area contributed by atoms with Crippen molar-refractivity contribution in [3.63, 3.8) is 0 Å². The van der Waals surface area contributed by atoms with E-state index in [1.807, 2.05) is 60.6 Å². The van der Waals surface area contributed by atoms with Crippen LogP contribution >= 0.6 is 0 Å². The second kappa shape index (κ2) is 19.9. The lowest BCUT2D eigenvalue weighted by molar-refractivity contribution is 0.385. The molecule has 0 saturated carbocycles. The van der Waals surface area contributed by atoms with Crippen LogP contribution in [0.25, 0.3) is 0 Å². The fraction of sp³-hybridized carbons (Fsp3) is 0.476. The van der Waals surface area contributed by atoms with Crippen molar-refractivity contribution < 1.29 is 13.9 Å². The molecule has 3 nitrogen and oxygen atoms in total. The summed E-state index contributed by atoms with van der Waals surface area (Å²) in [5, 5.41) is 0. The molecule has 4 heteroatoms. The van der Waals surface area contributed by atoms with Crippen molar-refractivity contribution in [2.24, 2.45) is 0 Å². The van der Waals surface area contributed by atoms with E-state index in [2.05, 4.69) is 4.98 Å². The summed E-state index contributed by atoms with van der Waals surface area (Å²) in [6, 6.07) is 8.89. The van der Waals surface area contributed by atoms with Crippen LogP contribution in [0.15, 0.2) is 36.5 Å². The first kappa shape index (κ1) is 27.7. The highest BCUT2D eigenvalue weighted by molar-refractivity contribution is 5.29. The SMILES string of the molecule is CC.CC.CC.COc1cc(C)ccn1.COc1cccc(C)c1F. The van der Waals surface area contributed by atoms with Crippen molar-refractivity contribution in [3.05, 3.63) is 53.5 Å². The molecule has 0 bridgehead atoms. The van der Waals surface area contributed by atoms with Crippen LogP contribution in [0, 0.1) is 19.7 Å². The topological polar surface area (TPSA) is 31.4 Å². The van der Waals surface area contributed by atoms with E-state index >= 15 is 0 Å². The largest absolute Gasteiger partial charge is 0.494 e. The van der Waals surface area contributed by atoms with Gasteiger partial charge < -0.3 is 9.47 Å². The minimum Gasteiger partial charge on any atom is -0.494 e. The van der Waals surface area contributed by atoms with Gasteiger partial charge in [-0.3, -0.25) is 0 Å². The van der Waals surface area contributed by atoms with E-state index in [1.165, 1.54) is 12.7 Å². The van der Waals surface area contributed by atoms with E-state index in [0.29, 0.717) is 17.2 Å². The number of hydrogen-bond acceptors (Lipinski definition) is 3. The molecule has 0 radical (unpaired) electrons.